The molecule has 0 saturated carbocycles. The molecule has 2 aromatic rings. The molecular weight excluding hydrogens is 128 g/mol. The molecule has 0 aliphatic carbocycles. The third-order valence-corrected chi connectivity index (χ3v) is 1.44. The van der Waals surface area contributed by atoms with Crippen molar-refractivity contribution >= 4 is 11.0 Å². The molecule has 2 nitrogen and oxygen atoms in total. The summed E-state index contributed by atoms with van der Waals surface area (Å²) < 4.78 is 4.94. The predicted molar refractivity (Wildman–Crippen MR) is 35.7 cm³/mol. The van der Waals surface area contributed by atoms with Crippen molar-refractivity contribution in [2.45, 2.75) is 0 Å². The Hall–Kier alpha value is -1.44. The van der Waals surface area contributed by atoms with E-state index < -0.39 is 0 Å². The number of furan rings is 1. The van der Waals surface area contributed by atoms with Gasteiger partial charge >= 0.3 is 0 Å². The van der Waals surface area contributed by atoms with E-state index in [9.17, 15) is 5.11 Å². The normalized spacial score (nSPS) is 10.4. The Bertz CT molecular complexity index is 349. The van der Waals surface area contributed by atoms with E-state index in [1.54, 1.807) is 12.1 Å². The lowest BCUT2D eigenvalue weighted by molar-refractivity contribution is -0.266. The minimum Gasteiger partial charge on any atom is -0.870 e. The van der Waals surface area contributed by atoms with Crippen LogP contribution in [-0.2, 0) is 0 Å². The van der Waals surface area contributed by atoms with Crippen molar-refractivity contribution in [3.63, 3.8) is 0 Å². The fourth-order valence-electron chi connectivity index (χ4n) is 0.966. The number of para-hydroxylation sites is 1. The molecule has 10 heavy (non-hydrogen) atoms. The molecule has 0 aliphatic heterocycles. The van der Waals surface area contributed by atoms with Gasteiger partial charge in [0.2, 0.25) is 0 Å². The quantitative estimate of drug-likeness (QED) is 0.546. The Morgan fingerprint density at radius 1 is 1.20 bits per heavy atom. The highest BCUT2D eigenvalue weighted by Crippen LogP contribution is 2.21. The van der Waals surface area contributed by atoms with Crippen LogP contribution in [0.1, 0.15) is 0 Å². The minimum atomic E-state index is -0.0532. The molecule has 0 atom stereocenters. The number of hydrogen-bond acceptors (Lipinski definition) is 2. The van der Waals surface area contributed by atoms with E-state index in [1.165, 1.54) is 12.3 Å². The first kappa shape index (κ1) is 5.35. The molecule has 2 rings (SSSR count). The first-order chi connectivity index (χ1) is 4.88. The summed E-state index contributed by atoms with van der Waals surface area (Å²) in [7, 11) is 0. The third-order valence-electron chi connectivity index (χ3n) is 1.44. The van der Waals surface area contributed by atoms with Crippen LogP contribution < -0.4 is 5.11 Å². The molecule has 0 spiro atoms. The van der Waals surface area contributed by atoms with E-state index in [1.807, 2.05) is 6.07 Å². The summed E-state index contributed by atoms with van der Waals surface area (Å²) in [6, 6.07) is 6.84. The molecule has 0 saturated heterocycles. The van der Waals surface area contributed by atoms with Crippen molar-refractivity contribution in [1.29, 1.82) is 0 Å². The molecule has 0 bridgehead atoms. The van der Waals surface area contributed by atoms with Gasteiger partial charge in [0.1, 0.15) is 5.58 Å². The van der Waals surface area contributed by atoms with Crippen molar-refractivity contribution in [1.82, 2.24) is 0 Å². The molecule has 0 unspecified atom stereocenters. The van der Waals surface area contributed by atoms with Crippen LogP contribution in [0.4, 0.5) is 0 Å². The monoisotopic (exact) mass is 133 g/mol. The van der Waals surface area contributed by atoms with Gasteiger partial charge in [0.25, 0.3) is 0 Å². The number of fused-ring (bicyclic) bond motifs is 1. The van der Waals surface area contributed by atoms with Crippen molar-refractivity contribution < 1.29 is 9.52 Å². The molecule has 0 N–H and O–H groups in total. The second-order valence-corrected chi connectivity index (χ2v) is 2.10. The zero-order valence-electron chi connectivity index (χ0n) is 5.20. The summed E-state index contributed by atoms with van der Waals surface area (Å²) >= 11 is 0. The Labute approximate surface area is 57.7 Å². The maximum Gasteiger partial charge on any atom is 0.126 e. The highest BCUT2D eigenvalue weighted by atomic mass is 16.3. The van der Waals surface area contributed by atoms with Gasteiger partial charge in [-0.1, -0.05) is 23.9 Å². The highest BCUT2D eigenvalue weighted by Gasteiger charge is 1.92. The second kappa shape index (κ2) is 1.77. The summed E-state index contributed by atoms with van der Waals surface area (Å²) in [6.45, 7) is 0. The van der Waals surface area contributed by atoms with E-state index in [0.29, 0.717) is 5.58 Å². The standard InChI is InChI=1S/C8H6O2/c9-7-3-1-2-6-4-5-10-8(6)7/h1-5,9H/p-1. The lowest BCUT2D eigenvalue weighted by atomic mass is 10.2. The fourth-order valence-corrected chi connectivity index (χ4v) is 0.966. The summed E-state index contributed by atoms with van der Waals surface area (Å²) in [5.74, 6) is -0.0532. The molecule has 0 amide bonds. The molecular formula is C8H5O2-. The van der Waals surface area contributed by atoms with Crippen LogP contribution in [0.15, 0.2) is 34.9 Å². The maximum absolute atomic E-state index is 10.9. The average molecular weight is 133 g/mol. The number of hydrogen-bond donors (Lipinski definition) is 0. The summed E-state index contributed by atoms with van der Waals surface area (Å²) in [6.07, 6.45) is 1.52. The Morgan fingerprint density at radius 2 is 2.10 bits per heavy atom. The molecule has 1 aromatic carbocycles. The smallest absolute Gasteiger partial charge is 0.126 e. The van der Waals surface area contributed by atoms with Crippen molar-refractivity contribution in [3.05, 3.63) is 30.5 Å². The molecule has 0 radical (unpaired) electrons. The Balaban J connectivity index is 2.95. The zero-order valence-corrected chi connectivity index (χ0v) is 5.20. The van der Waals surface area contributed by atoms with Crippen LogP contribution in [0.25, 0.3) is 11.0 Å². The van der Waals surface area contributed by atoms with Gasteiger partial charge in [0.05, 0.1) is 6.26 Å². The van der Waals surface area contributed by atoms with E-state index >= 15 is 0 Å². The summed E-state index contributed by atoms with van der Waals surface area (Å²) in [5, 5.41) is 11.8. The molecule has 2 heteroatoms. The van der Waals surface area contributed by atoms with Crippen LogP contribution >= 0.6 is 0 Å². The third kappa shape index (κ3) is 0.589. The Morgan fingerprint density at radius 3 is 2.90 bits per heavy atom. The maximum atomic E-state index is 10.9. The van der Waals surface area contributed by atoms with Gasteiger partial charge in [-0.05, 0) is 6.07 Å². The van der Waals surface area contributed by atoms with Gasteiger partial charge < -0.3 is 9.52 Å². The van der Waals surface area contributed by atoms with Gasteiger partial charge in [-0.3, -0.25) is 0 Å². The van der Waals surface area contributed by atoms with E-state index in [-0.39, 0.29) is 5.75 Å². The van der Waals surface area contributed by atoms with Gasteiger partial charge in [-0.25, -0.2) is 0 Å². The first-order valence-electron chi connectivity index (χ1n) is 3.01. The SMILES string of the molecule is [O-]c1cccc2ccoc12. The fraction of sp³-hybridized carbons (Fsp3) is 0. The first-order valence-corrected chi connectivity index (χ1v) is 3.01. The Kier molecular flexibility index (Phi) is 0.947. The van der Waals surface area contributed by atoms with Gasteiger partial charge in [-0.2, -0.15) is 0 Å². The minimum absolute atomic E-state index is 0.0532. The second-order valence-electron chi connectivity index (χ2n) is 2.10. The highest BCUT2D eigenvalue weighted by molar-refractivity contribution is 5.82. The topological polar surface area (TPSA) is 36.2 Å². The predicted octanol–water partition coefficient (Wildman–Crippen LogP) is 1.51. The van der Waals surface area contributed by atoms with Crippen LogP contribution in [0.3, 0.4) is 0 Å². The van der Waals surface area contributed by atoms with Crippen LogP contribution in [-0.4, -0.2) is 0 Å². The van der Waals surface area contributed by atoms with Crippen molar-refractivity contribution in [3.8, 4) is 5.75 Å². The van der Waals surface area contributed by atoms with Crippen LogP contribution in [0, 0.1) is 0 Å². The van der Waals surface area contributed by atoms with Crippen LogP contribution in [0.2, 0.25) is 0 Å². The van der Waals surface area contributed by atoms with Gasteiger partial charge in [-0.15, -0.1) is 0 Å². The van der Waals surface area contributed by atoms with E-state index in [2.05, 4.69) is 0 Å². The molecule has 50 valence electrons. The summed E-state index contributed by atoms with van der Waals surface area (Å²) in [5.41, 5.74) is 0.447. The molecule has 0 aliphatic rings. The number of rotatable bonds is 0. The average Bonchev–Trinajstić information content (AvgIpc) is 2.36. The lowest BCUT2D eigenvalue weighted by Gasteiger charge is -2.02. The van der Waals surface area contributed by atoms with E-state index in [0.717, 1.165) is 5.39 Å². The lowest BCUT2D eigenvalue weighted by Crippen LogP contribution is -1.87. The largest absolute Gasteiger partial charge is 0.870 e. The number of benzene rings is 1. The zero-order chi connectivity index (χ0) is 6.97. The summed E-state index contributed by atoms with van der Waals surface area (Å²) in [4.78, 5) is 0. The molecule has 1 heterocycles. The van der Waals surface area contributed by atoms with Crippen molar-refractivity contribution in [2.24, 2.45) is 0 Å². The van der Waals surface area contributed by atoms with Gasteiger partial charge in [0.15, 0.2) is 0 Å². The van der Waals surface area contributed by atoms with E-state index in [4.69, 9.17) is 4.42 Å². The molecule has 0 fully saturated rings. The molecule has 1 aromatic heterocycles. The van der Waals surface area contributed by atoms with Gasteiger partial charge in [0, 0.05) is 5.39 Å². The van der Waals surface area contributed by atoms with Crippen LogP contribution in [0.5, 0.6) is 5.75 Å². The van der Waals surface area contributed by atoms with Crippen molar-refractivity contribution in [2.75, 3.05) is 0 Å².